The van der Waals surface area contributed by atoms with Gasteiger partial charge >= 0.3 is 0 Å². The van der Waals surface area contributed by atoms with Gasteiger partial charge in [0.1, 0.15) is 0 Å². The van der Waals surface area contributed by atoms with Crippen molar-refractivity contribution in [2.45, 2.75) is 19.4 Å². The fraction of sp³-hybridized carbons (Fsp3) is 0.273. The maximum Gasteiger partial charge on any atom is 0.221 e. The van der Waals surface area contributed by atoms with Crippen LogP contribution in [0.25, 0.3) is 0 Å². The minimum absolute atomic E-state index is 0.105. The minimum atomic E-state index is -0.105. The SMILES string of the molecule is N#CCCC(=O)NCc1ccc(Cl)cc1. The van der Waals surface area contributed by atoms with Gasteiger partial charge < -0.3 is 5.32 Å². The van der Waals surface area contributed by atoms with Gasteiger partial charge in [-0.3, -0.25) is 4.79 Å². The lowest BCUT2D eigenvalue weighted by atomic mass is 10.2. The van der Waals surface area contributed by atoms with Crippen LogP contribution in [0.15, 0.2) is 24.3 Å². The van der Waals surface area contributed by atoms with Crippen LogP contribution in [-0.2, 0) is 11.3 Å². The van der Waals surface area contributed by atoms with Gasteiger partial charge in [0, 0.05) is 24.4 Å². The Bertz CT molecular complexity index is 367. The van der Waals surface area contributed by atoms with E-state index in [4.69, 9.17) is 16.9 Å². The van der Waals surface area contributed by atoms with Crippen LogP contribution < -0.4 is 5.32 Å². The molecule has 0 aromatic heterocycles. The molecule has 0 saturated carbocycles. The van der Waals surface area contributed by atoms with Crippen LogP contribution in [-0.4, -0.2) is 5.91 Å². The fourth-order valence-corrected chi connectivity index (χ4v) is 1.19. The van der Waals surface area contributed by atoms with Crippen molar-refractivity contribution in [2.24, 2.45) is 0 Å². The zero-order valence-corrected chi connectivity index (χ0v) is 8.92. The highest BCUT2D eigenvalue weighted by molar-refractivity contribution is 6.30. The summed E-state index contributed by atoms with van der Waals surface area (Å²) in [6.45, 7) is 0.474. The molecule has 0 bridgehead atoms. The second-order valence-corrected chi connectivity index (χ2v) is 3.50. The average molecular weight is 223 g/mol. The van der Waals surface area contributed by atoms with E-state index in [1.807, 2.05) is 18.2 Å². The number of halogens is 1. The van der Waals surface area contributed by atoms with Gasteiger partial charge in [-0.1, -0.05) is 23.7 Å². The third-order valence-electron chi connectivity index (χ3n) is 1.87. The van der Waals surface area contributed by atoms with Gasteiger partial charge in [-0.05, 0) is 17.7 Å². The maximum absolute atomic E-state index is 11.2. The van der Waals surface area contributed by atoms with E-state index >= 15 is 0 Å². The summed E-state index contributed by atoms with van der Waals surface area (Å²) in [4.78, 5) is 11.2. The van der Waals surface area contributed by atoms with E-state index in [1.54, 1.807) is 12.1 Å². The Morgan fingerprint density at radius 1 is 1.40 bits per heavy atom. The van der Waals surface area contributed by atoms with Crippen molar-refractivity contribution in [1.82, 2.24) is 5.32 Å². The lowest BCUT2D eigenvalue weighted by molar-refractivity contribution is -0.121. The van der Waals surface area contributed by atoms with Crippen LogP contribution in [0, 0.1) is 11.3 Å². The van der Waals surface area contributed by atoms with Crippen LogP contribution in [0.5, 0.6) is 0 Å². The quantitative estimate of drug-likeness (QED) is 0.850. The second-order valence-electron chi connectivity index (χ2n) is 3.06. The summed E-state index contributed by atoms with van der Waals surface area (Å²) < 4.78 is 0. The lowest BCUT2D eigenvalue weighted by Gasteiger charge is -2.03. The van der Waals surface area contributed by atoms with Crippen LogP contribution >= 0.6 is 11.6 Å². The third kappa shape index (κ3) is 4.48. The molecule has 3 nitrogen and oxygen atoms in total. The molecule has 1 aromatic rings. The van der Waals surface area contributed by atoms with E-state index in [0.717, 1.165) is 5.56 Å². The topological polar surface area (TPSA) is 52.9 Å². The molecule has 0 saturated heterocycles. The van der Waals surface area contributed by atoms with Gasteiger partial charge in [0.15, 0.2) is 0 Å². The monoisotopic (exact) mass is 222 g/mol. The molecule has 0 unspecified atom stereocenters. The molecule has 0 atom stereocenters. The molecule has 0 heterocycles. The van der Waals surface area contributed by atoms with E-state index in [2.05, 4.69) is 5.32 Å². The number of nitrogens with one attached hydrogen (secondary N) is 1. The second kappa shape index (κ2) is 6.05. The molecule has 1 rings (SSSR count). The number of amides is 1. The molecule has 0 radical (unpaired) electrons. The summed E-state index contributed by atoms with van der Waals surface area (Å²) in [6.07, 6.45) is 0.510. The van der Waals surface area contributed by atoms with Gasteiger partial charge in [0.25, 0.3) is 0 Å². The van der Waals surface area contributed by atoms with Gasteiger partial charge in [-0.2, -0.15) is 5.26 Å². The Morgan fingerprint density at radius 3 is 2.67 bits per heavy atom. The number of carbonyl (C=O) groups is 1. The Kier molecular flexibility index (Phi) is 4.65. The van der Waals surface area contributed by atoms with Crippen molar-refractivity contribution < 1.29 is 4.79 Å². The van der Waals surface area contributed by atoms with Crippen LogP contribution in [0.4, 0.5) is 0 Å². The molecule has 0 aliphatic heterocycles. The van der Waals surface area contributed by atoms with E-state index < -0.39 is 0 Å². The van der Waals surface area contributed by atoms with Gasteiger partial charge in [0.2, 0.25) is 5.91 Å². The first-order valence-corrected chi connectivity index (χ1v) is 4.98. The first kappa shape index (κ1) is 11.5. The summed E-state index contributed by atoms with van der Waals surface area (Å²) >= 11 is 5.72. The Morgan fingerprint density at radius 2 is 2.07 bits per heavy atom. The van der Waals surface area contributed by atoms with Crippen molar-refractivity contribution in [1.29, 1.82) is 5.26 Å². The highest BCUT2D eigenvalue weighted by Gasteiger charge is 2.00. The van der Waals surface area contributed by atoms with Crippen molar-refractivity contribution >= 4 is 17.5 Å². The summed E-state index contributed by atoms with van der Waals surface area (Å²) in [5.74, 6) is -0.105. The number of hydrogen-bond donors (Lipinski definition) is 1. The van der Waals surface area contributed by atoms with Crippen molar-refractivity contribution in [3.63, 3.8) is 0 Å². The highest BCUT2D eigenvalue weighted by Crippen LogP contribution is 2.09. The van der Waals surface area contributed by atoms with Crippen molar-refractivity contribution in [3.8, 4) is 6.07 Å². The fourth-order valence-electron chi connectivity index (χ4n) is 1.06. The normalized spacial score (nSPS) is 9.33. The Hall–Kier alpha value is -1.53. The molecule has 0 fully saturated rings. The number of carbonyl (C=O) groups excluding carboxylic acids is 1. The molecule has 0 aliphatic carbocycles. The molecule has 1 amide bonds. The van der Waals surface area contributed by atoms with Gasteiger partial charge in [-0.15, -0.1) is 0 Å². The molecule has 1 N–H and O–H groups in total. The largest absolute Gasteiger partial charge is 0.352 e. The Balaban J connectivity index is 2.34. The zero-order valence-electron chi connectivity index (χ0n) is 8.16. The molecular weight excluding hydrogens is 212 g/mol. The first-order valence-electron chi connectivity index (χ1n) is 4.60. The molecule has 0 spiro atoms. The predicted molar refractivity (Wildman–Crippen MR) is 58.1 cm³/mol. The average Bonchev–Trinajstić information content (AvgIpc) is 2.25. The predicted octanol–water partition coefficient (Wildman–Crippen LogP) is 2.26. The van der Waals surface area contributed by atoms with Crippen LogP contribution in [0.3, 0.4) is 0 Å². The van der Waals surface area contributed by atoms with Crippen molar-refractivity contribution in [2.75, 3.05) is 0 Å². The summed E-state index contributed by atoms with van der Waals surface area (Å²) in [6, 6.07) is 9.19. The smallest absolute Gasteiger partial charge is 0.221 e. The summed E-state index contributed by atoms with van der Waals surface area (Å²) in [7, 11) is 0. The highest BCUT2D eigenvalue weighted by atomic mass is 35.5. The van der Waals surface area contributed by atoms with Gasteiger partial charge in [-0.25, -0.2) is 0 Å². The van der Waals surface area contributed by atoms with E-state index in [-0.39, 0.29) is 18.7 Å². The number of nitrogens with zero attached hydrogens (tertiary/aromatic N) is 1. The summed E-state index contributed by atoms with van der Waals surface area (Å²) in [5.41, 5.74) is 0.990. The van der Waals surface area contributed by atoms with Gasteiger partial charge in [0.05, 0.1) is 6.07 Å². The van der Waals surface area contributed by atoms with Crippen molar-refractivity contribution in [3.05, 3.63) is 34.9 Å². The third-order valence-corrected chi connectivity index (χ3v) is 2.12. The number of hydrogen-bond acceptors (Lipinski definition) is 2. The summed E-state index contributed by atoms with van der Waals surface area (Å²) in [5, 5.41) is 11.7. The van der Waals surface area contributed by atoms with E-state index in [9.17, 15) is 4.79 Å². The number of nitriles is 1. The molecular formula is C11H11ClN2O. The van der Waals surface area contributed by atoms with E-state index in [1.165, 1.54) is 0 Å². The molecule has 0 aliphatic rings. The zero-order chi connectivity index (χ0) is 11.1. The molecule has 1 aromatic carbocycles. The molecule has 4 heteroatoms. The maximum atomic E-state index is 11.2. The first-order chi connectivity index (χ1) is 7.22. The molecule has 78 valence electrons. The number of rotatable bonds is 4. The van der Waals surface area contributed by atoms with Crippen LogP contribution in [0.1, 0.15) is 18.4 Å². The minimum Gasteiger partial charge on any atom is -0.352 e. The van der Waals surface area contributed by atoms with E-state index in [0.29, 0.717) is 11.6 Å². The Labute approximate surface area is 93.7 Å². The lowest BCUT2D eigenvalue weighted by Crippen LogP contribution is -2.22. The number of benzene rings is 1. The molecule has 15 heavy (non-hydrogen) atoms. The standard InChI is InChI=1S/C11H11ClN2O/c12-10-5-3-9(4-6-10)8-14-11(15)2-1-7-13/h3-6H,1-2,8H2,(H,14,15). The van der Waals surface area contributed by atoms with Crippen LogP contribution in [0.2, 0.25) is 5.02 Å².